The molecule has 0 bridgehead atoms. The van der Waals surface area contributed by atoms with E-state index in [1.807, 2.05) is 24.2 Å². The number of rotatable bonds is 6. The van der Waals surface area contributed by atoms with Crippen LogP contribution in [-0.2, 0) is 11.0 Å². The van der Waals surface area contributed by atoms with Gasteiger partial charge in [-0.15, -0.1) is 0 Å². The van der Waals surface area contributed by atoms with Gasteiger partial charge in [0.25, 0.3) is 5.69 Å². The molecule has 1 N–H and O–H groups in total. The van der Waals surface area contributed by atoms with Gasteiger partial charge in [-0.1, -0.05) is 13.8 Å². The van der Waals surface area contributed by atoms with Crippen molar-refractivity contribution in [1.29, 1.82) is 5.26 Å². The standard InChI is InChI=1S/C14H18N4O3S.C2H6/c15-7-8-16-10-12-2-1-9-17(11-12)22(21)14-5-3-13(4-6-14)18(19)20;1-2/h3-6,12,16H,1-2,8-11H2;1-2H3. The lowest BCUT2D eigenvalue weighted by atomic mass is 10.00. The number of hydrogen-bond acceptors (Lipinski definition) is 5. The van der Waals surface area contributed by atoms with E-state index in [9.17, 15) is 14.3 Å². The SMILES string of the molecule is CC.N#CCNCC1CCCN(S(=O)c2ccc([N+](=O)[O-])cc2)C1. The second-order valence-electron chi connectivity index (χ2n) is 5.19. The fraction of sp³-hybridized carbons (Fsp3) is 0.562. The molecule has 1 heterocycles. The Kier molecular flexibility index (Phi) is 9.15. The number of nitrogens with zero attached hydrogens (tertiary/aromatic N) is 3. The summed E-state index contributed by atoms with van der Waals surface area (Å²) < 4.78 is 14.4. The van der Waals surface area contributed by atoms with Crippen LogP contribution in [0, 0.1) is 27.4 Å². The number of piperidine rings is 1. The van der Waals surface area contributed by atoms with E-state index in [0.29, 0.717) is 23.9 Å². The van der Waals surface area contributed by atoms with Crippen molar-refractivity contribution in [1.82, 2.24) is 9.62 Å². The molecule has 1 aliphatic heterocycles. The summed E-state index contributed by atoms with van der Waals surface area (Å²) in [6, 6.07) is 7.89. The van der Waals surface area contributed by atoms with E-state index >= 15 is 0 Å². The van der Waals surface area contributed by atoms with Gasteiger partial charge in [0, 0.05) is 31.8 Å². The van der Waals surface area contributed by atoms with Gasteiger partial charge in [-0.2, -0.15) is 5.26 Å². The normalized spacial score (nSPS) is 18.8. The Morgan fingerprint density at radius 1 is 1.42 bits per heavy atom. The van der Waals surface area contributed by atoms with Crippen LogP contribution in [0.15, 0.2) is 29.2 Å². The lowest BCUT2D eigenvalue weighted by Crippen LogP contribution is -2.40. The van der Waals surface area contributed by atoms with Crippen molar-refractivity contribution in [2.45, 2.75) is 31.6 Å². The zero-order valence-corrected chi connectivity index (χ0v) is 14.9. The molecule has 0 aromatic heterocycles. The molecule has 1 fully saturated rings. The van der Waals surface area contributed by atoms with Crippen molar-refractivity contribution in [3.05, 3.63) is 34.4 Å². The van der Waals surface area contributed by atoms with Gasteiger partial charge < -0.3 is 5.32 Å². The number of non-ortho nitro benzene ring substituents is 1. The van der Waals surface area contributed by atoms with Crippen molar-refractivity contribution in [3.63, 3.8) is 0 Å². The number of nitro benzene ring substituents is 1. The molecule has 7 nitrogen and oxygen atoms in total. The Labute approximate surface area is 145 Å². The van der Waals surface area contributed by atoms with E-state index in [2.05, 4.69) is 5.32 Å². The largest absolute Gasteiger partial charge is 0.304 e. The average Bonchev–Trinajstić information content (AvgIpc) is 2.63. The fourth-order valence-corrected chi connectivity index (χ4v) is 3.82. The molecule has 24 heavy (non-hydrogen) atoms. The zero-order valence-electron chi connectivity index (χ0n) is 14.1. The minimum absolute atomic E-state index is 0.00188. The van der Waals surface area contributed by atoms with E-state index in [1.54, 1.807) is 12.1 Å². The molecule has 1 aliphatic rings. The number of nitriles is 1. The Balaban J connectivity index is 0.00000139. The Bertz CT molecular complexity index is 586. The number of nitrogens with one attached hydrogen (secondary N) is 1. The molecule has 8 heteroatoms. The van der Waals surface area contributed by atoms with E-state index in [-0.39, 0.29) is 5.69 Å². The van der Waals surface area contributed by atoms with Gasteiger partial charge in [0.05, 0.1) is 22.4 Å². The number of nitro groups is 1. The lowest BCUT2D eigenvalue weighted by Gasteiger charge is -2.31. The van der Waals surface area contributed by atoms with E-state index in [4.69, 9.17) is 5.26 Å². The summed E-state index contributed by atoms with van der Waals surface area (Å²) in [5.41, 5.74) is -0.00188. The van der Waals surface area contributed by atoms with Crippen LogP contribution in [0.5, 0.6) is 0 Å². The van der Waals surface area contributed by atoms with Crippen molar-refractivity contribution in [3.8, 4) is 6.07 Å². The molecule has 2 unspecified atom stereocenters. The smallest absolute Gasteiger partial charge is 0.269 e. The Morgan fingerprint density at radius 3 is 2.67 bits per heavy atom. The fourth-order valence-electron chi connectivity index (χ4n) is 2.51. The quantitative estimate of drug-likeness (QED) is 0.367. The van der Waals surface area contributed by atoms with Gasteiger partial charge in [-0.25, -0.2) is 8.51 Å². The highest BCUT2D eigenvalue weighted by Crippen LogP contribution is 2.22. The summed E-state index contributed by atoms with van der Waals surface area (Å²) >= 11 is 0. The maximum atomic E-state index is 12.6. The van der Waals surface area contributed by atoms with Gasteiger partial charge in [-0.05, 0) is 30.9 Å². The van der Waals surface area contributed by atoms with Gasteiger partial charge >= 0.3 is 0 Å². The second-order valence-corrected chi connectivity index (χ2v) is 6.67. The van der Waals surface area contributed by atoms with E-state index in [0.717, 1.165) is 25.9 Å². The Morgan fingerprint density at radius 2 is 2.08 bits per heavy atom. The highest BCUT2D eigenvalue weighted by Gasteiger charge is 2.24. The highest BCUT2D eigenvalue weighted by molar-refractivity contribution is 7.82. The lowest BCUT2D eigenvalue weighted by molar-refractivity contribution is -0.384. The number of hydrogen-bond donors (Lipinski definition) is 1. The first-order valence-corrected chi connectivity index (χ1v) is 9.21. The van der Waals surface area contributed by atoms with Crippen molar-refractivity contribution in [2.75, 3.05) is 26.2 Å². The monoisotopic (exact) mass is 352 g/mol. The van der Waals surface area contributed by atoms with Crippen LogP contribution in [0.3, 0.4) is 0 Å². The molecule has 0 aliphatic carbocycles. The molecular weight excluding hydrogens is 328 g/mol. The second kappa shape index (κ2) is 10.9. The van der Waals surface area contributed by atoms with Crippen LogP contribution >= 0.6 is 0 Å². The Hall–Kier alpha value is -1.82. The molecule has 1 saturated heterocycles. The first-order valence-electron chi connectivity index (χ1n) is 8.10. The van der Waals surface area contributed by atoms with Gasteiger partial charge in [0.1, 0.15) is 11.0 Å². The van der Waals surface area contributed by atoms with Gasteiger partial charge in [-0.3, -0.25) is 10.1 Å². The first-order chi connectivity index (χ1) is 11.6. The van der Waals surface area contributed by atoms with Crippen LogP contribution in [0.25, 0.3) is 0 Å². The molecule has 0 saturated carbocycles. The maximum absolute atomic E-state index is 12.6. The molecule has 0 spiro atoms. The van der Waals surface area contributed by atoms with Gasteiger partial charge in [0.2, 0.25) is 0 Å². The molecule has 2 atom stereocenters. The zero-order chi connectivity index (χ0) is 17.9. The number of benzene rings is 1. The molecule has 0 amide bonds. The van der Waals surface area contributed by atoms with Crippen LogP contribution < -0.4 is 5.32 Å². The molecular formula is C16H24N4O3S. The van der Waals surface area contributed by atoms with Crippen molar-refractivity contribution < 1.29 is 9.13 Å². The average molecular weight is 352 g/mol. The summed E-state index contributed by atoms with van der Waals surface area (Å²) in [5.74, 6) is 0.365. The molecule has 0 radical (unpaired) electrons. The third-order valence-corrected chi connectivity index (χ3v) is 5.08. The first kappa shape index (κ1) is 20.2. The van der Waals surface area contributed by atoms with Gasteiger partial charge in [0.15, 0.2) is 0 Å². The van der Waals surface area contributed by atoms with Crippen LogP contribution in [0.1, 0.15) is 26.7 Å². The molecule has 1 aromatic rings. The van der Waals surface area contributed by atoms with Crippen molar-refractivity contribution in [2.24, 2.45) is 5.92 Å². The highest BCUT2D eigenvalue weighted by atomic mass is 32.2. The predicted molar refractivity (Wildman–Crippen MR) is 93.6 cm³/mol. The molecule has 1 aromatic carbocycles. The maximum Gasteiger partial charge on any atom is 0.269 e. The summed E-state index contributed by atoms with van der Waals surface area (Å²) in [6.45, 7) is 6.50. The molecule has 2 rings (SSSR count). The molecule has 132 valence electrons. The van der Waals surface area contributed by atoms with Crippen molar-refractivity contribution >= 4 is 16.7 Å². The third kappa shape index (κ3) is 6.00. The van der Waals surface area contributed by atoms with Crippen LogP contribution in [0.2, 0.25) is 0 Å². The van der Waals surface area contributed by atoms with E-state index in [1.165, 1.54) is 12.1 Å². The summed E-state index contributed by atoms with van der Waals surface area (Å²) in [7, 11) is -1.30. The van der Waals surface area contributed by atoms with Crippen LogP contribution in [0.4, 0.5) is 5.69 Å². The van der Waals surface area contributed by atoms with Crippen LogP contribution in [-0.4, -0.2) is 39.6 Å². The minimum Gasteiger partial charge on any atom is -0.304 e. The summed E-state index contributed by atoms with van der Waals surface area (Å²) in [4.78, 5) is 10.8. The summed E-state index contributed by atoms with van der Waals surface area (Å²) in [6.07, 6.45) is 2.00. The third-order valence-electron chi connectivity index (χ3n) is 3.60. The predicted octanol–water partition coefficient (Wildman–Crippen LogP) is 2.47. The minimum atomic E-state index is -1.30. The summed E-state index contributed by atoms with van der Waals surface area (Å²) in [5, 5.41) is 22.2. The topological polar surface area (TPSA) is 99.3 Å². The van der Waals surface area contributed by atoms with E-state index < -0.39 is 15.9 Å².